The highest BCUT2D eigenvalue weighted by atomic mass is 16.5. The summed E-state index contributed by atoms with van der Waals surface area (Å²) in [5, 5.41) is 3.17. The van der Waals surface area contributed by atoms with Crippen LogP contribution in [-0.4, -0.2) is 26.5 Å². The van der Waals surface area contributed by atoms with Gasteiger partial charge in [0.05, 0.1) is 19.9 Å². The maximum atomic E-state index is 5.49. The fourth-order valence-electron chi connectivity index (χ4n) is 1.70. The molecule has 1 atom stereocenters. The molecule has 1 aromatic rings. The summed E-state index contributed by atoms with van der Waals surface area (Å²) in [4.78, 5) is 0. The van der Waals surface area contributed by atoms with Crippen LogP contribution in [0.2, 0.25) is 0 Å². The first-order chi connectivity index (χ1) is 6.90. The first-order valence-electron chi connectivity index (χ1n) is 4.84. The van der Waals surface area contributed by atoms with Gasteiger partial charge in [-0.15, -0.1) is 0 Å². The maximum absolute atomic E-state index is 5.49. The van der Waals surface area contributed by atoms with E-state index >= 15 is 0 Å². The van der Waals surface area contributed by atoms with Crippen LogP contribution in [0.15, 0.2) is 24.3 Å². The smallest absolute Gasteiger partial charge is 0.122 e. The zero-order valence-electron chi connectivity index (χ0n) is 8.32. The van der Waals surface area contributed by atoms with Crippen molar-refractivity contribution in [3.63, 3.8) is 0 Å². The van der Waals surface area contributed by atoms with E-state index in [1.807, 2.05) is 18.2 Å². The predicted molar refractivity (Wildman–Crippen MR) is 54.4 cm³/mol. The van der Waals surface area contributed by atoms with Gasteiger partial charge in [0.15, 0.2) is 0 Å². The van der Waals surface area contributed by atoms with Crippen molar-refractivity contribution in [1.82, 2.24) is 5.32 Å². The van der Waals surface area contributed by atoms with E-state index in [2.05, 4.69) is 11.4 Å². The van der Waals surface area contributed by atoms with Gasteiger partial charge in [-0.1, -0.05) is 18.2 Å². The Morgan fingerprint density at radius 1 is 1.50 bits per heavy atom. The lowest BCUT2D eigenvalue weighted by Gasteiger charge is -2.11. The monoisotopic (exact) mass is 193 g/mol. The highest BCUT2D eigenvalue weighted by Gasteiger charge is 2.16. The largest absolute Gasteiger partial charge is 0.496 e. The minimum absolute atomic E-state index is 0.284. The number of hydrogen-bond donors (Lipinski definition) is 1. The molecule has 3 nitrogen and oxygen atoms in total. The SMILES string of the molecule is COc1ccccc1CC1CNCO1. The van der Waals surface area contributed by atoms with Crippen molar-refractivity contribution in [3.8, 4) is 5.75 Å². The summed E-state index contributed by atoms with van der Waals surface area (Å²) in [7, 11) is 1.70. The number of nitrogens with one attached hydrogen (secondary N) is 1. The lowest BCUT2D eigenvalue weighted by atomic mass is 10.1. The number of ether oxygens (including phenoxy) is 2. The van der Waals surface area contributed by atoms with E-state index < -0.39 is 0 Å². The van der Waals surface area contributed by atoms with Crippen LogP contribution >= 0.6 is 0 Å². The van der Waals surface area contributed by atoms with E-state index in [-0.39, 0.29) is 6.10 Å². The second-order valence-corrected chi connectivity index (χ2v) is 3.40. The molecule has 0 spiro atoms. The molecule has 1 unspecified atom stereocenters. The summed E-state index contributed by atoms with van der Waals surface area (Å²) in [5.74, 6) is 0.947. The Balaban J connectivity index is 2.07. The van der Waals surface area contributed by atoms with E-state index in [1.165, 1.54) is 5.56 Å². The van der Waals surface area contributed by atoms with Gasteiger partial charge in [0, 0.05) is 13.0 Å². The van der Waals surface area contributed by atoms with Gasteiger partial charge in [-0.25, -0.2) is 0 Å². The zero-order chi connectivity index (χ0) is 9.80. The fourth-order valence-corrected chi connectivity index (χ4v) is 1.70. The third-order valence-corrected chi connectivity index (χ3v) is 2.43. The first-order valence-corrected chi connectivity index (χ1v) is 4.84. The van der Waals surface area contributed by atoms with Crippen LogP contribution in [0, 0.1) is 0 Å². The summed E-state index contributed by atoms with van der Waals surface area (Å²) in [6.07, 6.45) is 1.20. The average molecular weight is 193 g/mol. The summed E-state index contributed by atoms with van der Waals surface area (Å²) < 4.78 is 10.8. The average Bonchev–Trinajstić information content (AvgIpc) is 2.71. The van der Waals surface area contributed by atoms with Crippen LogP contribution in [0.25, 0.3) is 0 Å². The molecule has 1 aliphatic heterocycles. The Bertz CT molecular complexity index is 295. The molecule has 1 N–H and O–H groups in total. The van der Waals surface area contributed by atoms with Gasteiger partial charge in [-0.3, -0.25) is 5.32 Å². The Hall–Kier alpha value is -1.06. The topological polar surface area (TPSA) is 30.5 Å². The van der Waals surface area contributed by atoms with Gasteiger partial charge >= 0.3 is 0 Å². The number of rotatable bonds is 3. The van der Waals surface area contributed by atoms with Crippen molar-refractivity contribution in [2.45, 2.75) is 12.5 Å². The molecule has 1 aromatic carbocycles. The van der Waals surface area contributed by atoms with Crippen LogP contribution in [0.5, 0.6) is 5.75 Å². The fraction of sp³-hybridized carbons (Fsp3) is 0.455. The van der Waals surface area contributed by atoms with E-state index in [0.29, 0.717) is 6.73 Å². The molecule has 2 rings (SSSR count). The molecule has 1 fully saturated rings. The van der Waals surface area contributed by atoms with Crippen molar-refractivity contribution in [2.75, 3.05) is 20.4 Å². The molecule has 0 radical (unpaired) electrons. The lowest BCUT2D eigenvalue weighted by molar-refractivity contribution is 0.113. The quantitative estimate of drug-likeness (QED) is 0.782. The summed E-state index contributed by atoms with van der Waals surface area (Å²) in [6, 6.07) is 8.08. The molecule has 1 aliphatic rings. The maximum Gasteiger partial charge on any atom is 0.122 e. The molecular weight excluding hydrogens is 178 g/mol. The van der Waals surface area contributed by atoms with E-state index in [4.69, 9.17) is 9.47 Å². The molecule has 0 bridgehead atoms. The third-order valence-electron chi connectivity index (χ3n) is 2.43. The van der Waals surface area contributed by atoms with Gasteiger partial charge in [0.1, 0.15) is 5.75 Å². The van der Waals surface area contributed by atoms with Crippen molar-refractivity contribution < 1.29 is 9.47 Å². The Labute approximate surface area is 84.0 Å². The number of benzene rings is 1. The summed E-state index contributed by atoms with van der Waals surface area (Å²) >= 11 is 0. The van der Waals surface area contributed by atoms with Crippen molar-refractivity contribution in [3.05, 3.63) is 29.8 Å². The van der Waals surface area contributed by atoms with Gasteiger partial charge in [-0.2, -0.15) is 0 Å². The van der Waals surface area contributed by atoms with Crippen molar-refractivity contribution >= 4 is 0 Å². The molecular formula is C11H15NO2. The van der Waals surface area contributed by atoms with Gasteiger partial charge < -0.3 is 9.47 Å². The molecule has 0 amide bonds. The Kier molecular flexibility index (Phi) is 3.01. The second kappa shape index (κ2) is 4.44. The molecule has 0 saturated carbocycles. The zero-order valence-corrected chi connectivity index (χ0v) is 8.32. The minimum Gasteiger partial charge on any atom is -0.496 e. The molecule has 14 heavy (non-hydrogen) atoms. The Morgan fingerprint density at radius 2 is 2.36 bits per heavy atom. The Morgan fingerprint density at radius 3 is 3.07 bits per heavy atom. The number of methoxy groups -OCH3 is 1. The van der Waals surface area contributed by atoms with Crippen molar-refractivity contribution in [1.29, 1.82) is 0 Å². The molecule has 1 heterocycles. The van der Waals surface area contributed by atoms with E-state index in [1.54, 1.807) is 7.11 Å². The third kappa shape index (κ3) is 2.05. The molecule has 0 aliphatic carbocycles. The van der Waals surface area contributed by atoms with Gasteiger partial charge in [0.2, 0.25) is 0 Å². The minimum atomic E-state index is 0.284. The highest BCUT2D eigenvalue weighted by Crippen LogP contribution is 2.20. The molecule has 1 saturated heterocycles. The highest BCUT2D eigenvalue weighted by molar-refractivity contribution is 5.33. The number of para-hydroxylation sites is 1. The van der Waals surface area contributed by atoms with Crippen LogP contribution in [-0.2, 0) is 11.2 Å². The molecule has 76 valence electrons. The second-order valence-electron chi connectivity index (χ2n) is 3.40. The molecule has 0 aromatic heterocycles. The van der Waals surface area contributed by atoms with Crippen LogP contribution in [0.1, 0.15) is 5.56 Å². The van der Waals surface area contributed by atoms with E-state index in [0.717, 1.165) is 18.7 Å². The van der Waals surface area contributed by atoms with Gasteiger partial charge in [0.25, 0.3) is 0 Å². The van der Waals surface area contributed by atoms with Crippen molar-refractivity contribution in [2.24, 2.45) is 0 Å². The first kappa shape index (κ1) is 9.49. The van der Waals surface area contributed by atoms with Crippen LogP contribution < -0.4 is 10.1 Å². The summed E-state index contributed by atoms with van der Waals surface area (Å²) in [5.41, 5.74) is 1.21. The van der Waals surface area contributed by atoms with Gasteiger partial charge in [-0.05, 0) is 11.6 Å². The van der Waals surface area contributed by atoms with E-state index in [9.17, 15) is 0 Å². The molecule has 3 heteroatoms. The predicted octanol–water partition coefficient (Wildman–Crippen LogP) is 1.18. The standard InChI is InChI=1S/C11H15NO2/c1-13-11-5-3-2-4-9(11)6-10-7-12-8-14-10/h2-5,10,12H,6-8H2,1H3. The lowest BCUT2D eigenvalue weighted by Crippen LogP contribution is -2.16. The number of hydrogen-bond acceptors (Lipinski definition) is 3. The normalized spacial score (nSPS) is 21.1. The van der Waals surface area contributed by atoms with Crippen LogP contribution in [0.3, 0.4) is 0 Å². The summed E-state index contributed by atoms with van der Waals surface area (Å²) in [6.45, 7) is 1.60. The van der Waals surface area contributed by atoms with Crippen LogP contribution in [0.4, 0.5) is 0 Å².